The Kier molecular flexibility index (Phi) is 6.02. The van der Waals surface area contributed by atoms with Gasteiger partial charge in [0.05, 0.1) is 17.9 Å². The summed E-state index contributed by atoms with van der Waals surface area (Å²) in [4.78, 5) is 7.48. The van der Waals surface area contributed by atoms with Gasteiger partial charge in [-0.1, -0.05) is 29.8 Å². The lowest BCUT2D eigenvalue weighted by Gasteiger charge is -2.24. The van der Waals surface area contributed by atoms with E-state index < -0.39 is 0 Å². The molecule has 5 heteroatoms. The molecule has 0 N–H and O–H groups in total. The van der Waals surface area contributed by atoms with Crippen LogP contribution in [0.2, 0.25) is 5.02 Å². The molecule has 4 rings (SSSR count). The molecule has 0 spiro atoms. The molecule has 3 aromatic rings. The molecule has 1 aliphatic heterocycles. The zero-order valence-electron chi connectivity index (χ0n) is 17.5. The molecular formula is C24H29ClN4. The van der Waals surface area contributed by atoms with Gasteiger partial charge in [-0.3, -0.25) is 14.6 Å². The molecule has 29 heavy (non-hydrogen) atoms. The zero-order chi connectivity index (χ0) is 20.4. The second-order valence-corrected chi connectivity index (χ2v) is 8.42. The van der Waals surface area contributed by atoms with Crippen LogP contribution in [0.15, 0.2) is 42.6 Å². The van der Waals surface area contributed by atoms with Gasteiger partial charge in [0, 0.05) is 35.1 Å². The first-order chi connectivity index (χ1) is 14.0. The number of aromatic nitrogens is 3. The van der Waals surface area contributed by atoms with E-state index in [1.165, 1.54) is 28.9 Å². The monoisotopic (exact) mass is 408 g/mol. The molecule has 1 fully saturated rings. The first-order valence-corrected chi connectivity index (χ1v) is 10.9. The number of pyridine rings is 1. The van der Waals surface area contributed by atoms with E-state index in [4.69, 9.17) is 16.6 Å². The Morgan fingerprint density at radius 2 is 1.97 bits per heavy atom. The molecule has 152 valence electrons. The molecule has 1 aromatic carbocycles. The third-order valence-corrected chi connectivity index (χ3v) is 6.34. The van der Waals surface area contributed by atoms with Crippen molar-refractivity contribution in [3.63, 3.8) is 0 Å². The molecule has 1 aliphatic rings. The van der Waals surface area contributed by atoms with Crippen LogP contribution in [0.25, 0.3) is 0 Å². The number of aryl methyl sites for hydroxylation is 2. The fourth-order valence-electron chi connectivity index (χ4n) is 4.43. The van der Waals surface area contributed by atoms with Crippen LogP contribution in [0.4, 0.5) is 0 Å². The van der Waals surface area contributed by atoms with Crippen LogP contribution in [0.1, 0.15) is 59.6 Å². The summed E-state index contributed by atoms with van der Waals surface area (Å²) in [5, 5.41) is 5.35. The quantitative estimate of drug-likeness (QED) is 0.540. The Balaban J connectivity index is 1.57. The minimum atomic E-state index is 0.365. The van der Waals surface area contributed by atoms with Crippen LogP contribution in [-0.4, -0.2) is 26.2 Å². The summed E-state index contributed by atoms with van der Waals surface area (Å²) >= 11 is 6.39. The molecule has 1 saturated heterocycles. The fraction of sp³-hybridized carbons (Fsp3) is 0.417. The normalized spacial score (nSPS) is 17.2. The van der Waals surface area contributed by atoms with E-state index in [1.54, 1.807) is 0 Å². The minimum absolute atomic E-state index is 0.365. The van der Waals surface area contributed by atoms with Crippen LogP contribution < -0.4 is 0 Å². The van der Waals surface area contributed by atoms with Gasteiger partial charge in [-0.15, -0.1) is 0 Å². The second kappa shape index (κ2) is 8.68. The summed E-state index contributed by atoms with van der Waals surface area (Å²) in [6.07, 6.45) is 5.23. The highest BCUT2D eigenvalue weighted by Crippen LogP contribution is 2.33. The molecule has 1 unspecified atom stereocenters. The number of benzene rings is 1. The van der Waals surface area contributed by atoms with E-state index in [2.05, 4.69) is 53.7 Å². The zero-order valence-corrected chi connectivity index (χ0v) is 18.3. The average molecular weight is 409 g/mol. The number of halogens is 1. The Morgan fingerprint density at radius 1 is 1.14 bits per heavy atom. The van der Waals surface area contributed by atoms with Crippen molar-refractivity contribution in [1.82, 2.24) is 19.7 Å². The molecule has 2 aromatic heterocycles. The Bertz CT molecular complexity index is 994. The summed E-state index contributed by atoms with van der Waals surface area (Å²) in [6, 6.07) is 12.9. The van der Waals surface area contributed by atoms with Crippen LogP contribution >= 0.6 is 11.6 Å². The van der Waals surface area contributed by atoms with Gasteiger partial charge in [0.2, 0.25) is 0 Å². The maximum Gasteiger partial charge on any atom is 0.0581 e. The molecule has 0 saturated carbocycles. The van der Waals surface area contributed by atoms with Crippen molar-refractivity contribution in [3.8, 4) is 0 Å². The second-order valence-electron chi connectivity index (χ2n) is 8.01. The van der Waals surface area contributed by atoms with Crippen molar-refractivity contribution >= 4 is 11.6 Å². The van der Waals surface area contributed by atoms with Gasteiger partial charge in [-0.25, -0.2) is 0 Å². The molecule has 0 aliphatic carbocycles. The van der Waals surface area contributed by atoms with E-state index in [-0.39, 0.29) is 0 Å². The largest absolute Gasteiger partial charge is 0.290 e. The lowest BCUT2D eigenvalue weighted by molar-refractivity contribution is 0.243. The van der Waals surface area contributed by atoms with Crippen molar-refractivity contribution < 1.29 is 0 Å². The van der Waals surface area contributed by atoms with E-state index >= 15 is 0 Å². The van der Waals surface area contributed by atoms with E-state index in [0.717, 1.165) is 48.8 Å². The predicted octanol–water partition coefficient (Wildman–Crippen LogP) is 5.50. The summed E-state index contributed by atoms with van der Waals surface area (Å²) in [5.74, 6) is 0. The highest BCUT2D eigenvalue weighted by Gasteiger charge is 2.28. The Labute approximate surface area is 178 Å². The van der Waals surface area contributed by atoms with Crippen molar-refractivity contribution in [3.05, 3.63) is 81.4 Å². The standard InChI is InChI=1S/C24H29ClN4/c1-4-29-18(3)21(15-26-29)16-28-11-7-10-24(28)23-14-19(12-17(2)27-23)13-20-8-5-6-9-22(20)25/h5-6,8-9,12,14-15,24H,4,7,10-11,13,16H2,1-3H3. The van der Waals surface area contributed by atoms with Gasteiger partial charge >= 0.3 is 0 Å². The molecule has 0 amide bonds. The molecule has 0 bridgehead atoms. The lowest BCUT2D eigenvalue weighted by Crippen LogP contribution is -2.24. The van der Waals surface area contributed by atoms with Gasteiger partial charge in [-0.05, 0) is 75.9 Å². The number of likely N-dealkylation sites (tertiary alicyclic amines) is 1. The minimum Gasteiger partial charge on any atom is -0.290 e. The average Bonchev–Trinajstić information content (AvgIpc) is 3.30. The molecular weight excluding hydrogens is 380 g/mol. The number of nitrogens with zero attached hydrogens (tertiary/aromatic N) is 4. The number of rotatable bonds is 6. The Hall–Kier alpha value is -2.17. The van der Waals surface area contributed by atoms with E-state index in [1.807, 2.05) is 24.4 Å². The summed E-state index contributed by atoms with van der Waals surface area (Å²) in [5.41, 5.74) is 7.30. The summed E-state index contributed by atoms with van der Waals surface area (Å²) in [6.45, 7) is 9.36. The smallest absolute Gasteiger partial charge is 0.0581 e. The van der Waals surface area contributed by atoms with Crippen LogP contribution in [0, 0.1) is 13.8 Å². The lowest BCUT2D eigenvalue weighted by atomic mass is 10.0. The van der Waals surface area contributed by atoms with Gasteiger partial charge in [0.15, 0.2) is 0 Å². The maximum atomic E-state index is 6.39. The van der Waals surface area contributed by atoms with E-state index in [9.17, 15) is 0 Å². The van der Waals surface area contributed by atoms with Gasteiger partial charge in [0.25, 0.3) is 0 Å². The first-order valence-electron chi connectivity index (χ1n) is 10.5. The van der Waals surface area contributed by atoms with Crippen molar-refractivity contribution in [2.75, 3.05) is 6.54 Å². The number of hydrogen-bond acceptors (Lipinski definition) is 3. The molecule has 1 atom stereocenters. The van der Waals surface area contributed by atoms with Crippen molar-refractivity contribution in [2.45, 2.75) is 59.2 Å². The fourth-order valence-corrected chi connectivity index (χ4v) is 4.63. The SMILES string of the molecule is CCn1ncc(CN2CCCC2c2cc(Cc3ccccc3Cl)cc(C)n2)c1C. The summed E-state index contributed by atoms with van der Waals surface area (Å²) < 4.78 is 2.08. The van der Waals surface area contributed by atoms with E-state index in [0.29, 0.717) is 6.04 Å². The van der Waals surface area contributed by atoms with Crippen molar-refractivity contribution in [1.29, 1.82) is 0 Å². The molecule has 0 radical (unpaired) electrons. The van der Waals surface area contributed by atoms with Crippen LogP contribution in [-0.2, 0) is 19.5 Å². The predicted molar refractivity (Wildman–Crippen MR) is 118 cm³/mol. The highest BCUT2D eigenvalue weighted by molar-refractivity contribution is 6.31. The van der Waals surface area contributed by atoms with Gasteiger partial charge < -0.3 is 0 Å². The summed E-state index contributed by atoms with van der Waals surface area (Å²) in [7, 11) is 0. The molecule has 4 nitrogen and oxygen atoms in total. The Morgan fingerprint density at radius 3 is 2.72 bits per heavy atom. The van der Waals surface area contributed by atoms with Crippen molar-refractivity contribution in [2.24, 2.45) is 0 Å². The number of hydrogen-bond donors (Lipinski definition) is 0. The molecule has 3 heterocycles. The van der Waals surface area contributed by atoms with Crippen LogP contribution in [0.5, 0.6) is 0 Å². The topological polar surface area (TPSA) is 34.0 Å². The van der Waals surface area contributed by atoms with Crippen LogP contribution in [0.3, 0.4) is 0 Å². The maximum absolute atomic E-state index is 6.39. The van der Waals surface area contributed by atoms with Gasteiger partial charge in [0.1, 0.15) is 0 Å². The van der Waals surface area contributed by atoms with Gasteiger partial charge in [-0.2, -0.15) is 5.10 Å². The highest BCUT2D eigenvalue weighted by atomic mass is 35.5. The first kappa shape index (κ1) is 20.1. The third-order valence-electron chi connectivity index (χ3n) is 5.97. The third kappa shape index (κ3) is 4.39.